The van der Waals surface area contributed by atoms with Gasteiger partial charge in [-0.25, -0.2) is 0 Å². The van der Waals surface area contributed by atoms with Crippen molar-refractivity contribution in [3.05, 3.63) is 0 Å². The van der Waals surface area contributed by atoms with Crippen LogP contribution < -0.4 is 5.32 Å². The fourth-order valence-electron chi connectivity index (χ4n) is 0.941. The fraction of sp³-hybridized carbons (Fsp3) is 0.800. The first kappa shape index (κ1) is 9.68. The highest BCUT2D eigenvalue weighted by atomic mass is 35.5. The summed E-state index contributed by atoms with van der Waals surface area (Å²) in [7, 11) is 0. The van der Waals surface area contributed by atoms with Crippen LogP contribution in [0.1, 0.15) is 6.42 Å². The summed E-state index contributed by atoms with van der Waals surface area (Å²) in [5.41, 5.74) is 0. The molecule has 1 rings (SSSR count). The average Bonchev–Trinajstić information content (AvgIpc) is 2.13. The maximum absolute atomic E-state index is 10.2. The van der Waals surface area contributed by atoms with Crippen molar-refractivity contribution in [2.24, 2.45) is 0 Å². The minimum Gasteiger partial charge on any atom is -0.480 e. The lowest BCUT2D eigenvalue weighted by Gasteiger charge is -2.06. The van der Waals surface area contributed by atoms with E-state index in [9.17, 15) is 4.79 Å². The van der Waals surface area contributed by atoms with Gasteiger partial charge < -0.3 is 15.5 Å². The van der Waals surface area contributed by atoms with Crippen LogP contribution in [0.5, 0.6) is 0 Å². The van der Waals surface area contributed by atoms with Crippen LogP contribution in [-0.2, 0) is 4.79 Å². The first-order valence-corrected chi connectivity index (χ1v) is 2.86. The van der Waals surface area contributed by atoms with Crippen LogP contribution in [0.4, 0.5) is 0 Å². The molecule has 10 heavy (non-hydrogen) atoms. The normalized spacial score (nSPS) is 31.3. The van der Waals surface area contributed by atoms with Gasteiger partial charge in [-0.15, -0.1) is 12.4 Å². The van der Waals surface area contributed by atoms with Gasteiger partial charge in [0.25, 0.3) is 0 Å². The third kappa shape index (κ3) is 1.83. The Hall–Kier alpha value is -0.320. The van der Waals surface area contributed by atoms with Crippen LogP contribution in [-0.4, -0.2) is 34.9 Å². The van der Waals surface area contributed by atoms with E-state index in [1.807, 2.05) is 0 Å². The molecule has 1 fully saturated rings. The molecule has 2 atom stereocenters. The minimum atomic E-state index is -0.972. The quantitative estimate of drug-likeness (QED) is 0.479. The number of aliphatic carboxylic acids is 1. The summed E-state index contributed by atoms with van der Waals surface area (Å²) in [6.45, 7) is 0.595. The molecule has 0 amide bonds. The van der Waals surface area contributed by atoms with Crippen molar-refractivity contribution in [2.45, 2.75) is 18.6 Å². The molecule has 5 heteroatoms. The molecule has 0 spiro atoms. The highest BCUT2D eigenvalue weighted by Crippen LogP contribution is 2.05. The molecule has 1 unspecified atom stereocenters. The van der Waals surface area contributed by atoms with Crippen molar-refractivity contribution in [1.29, 1.82) is 0 Å². The molecule has 1 aliphatic heterocycles. The molecule has 0 aliphatic carbocycles. The van der Waals surface area contributed by atoms with E-state index < -0.39 is 18.1 Å². The number of carboxylic acids is 1. The lowest BCUT2D eigenvalue weighted by atomic mass is 10.2. The molecule has 1 aliphatic rings. The van der Waals surface area contributed by atoms with Crippen LogP contribution in [0.3, 0.4) is 0 Å². The van der Waals surface area contributed by atoms with Crippen molar-refractivity contribution in [3.63, 3.8) is 0 Å². The number of hydrogen-bond donors (Lipinski definition) is 3. The van der Waals surface area contributed by atoms with Crippen molar-refractivity contribution in [3.8, 4) is 0 Å². The predicted octanol–water partition coefficient (Wildman–Crippen LogP) is -0.784. The van der Waals surface area contributed by atoms with Crippen LogP contribution >= 0.6 is 12.4 Å². The summed E-state index contributed by atoms with van der Waals surface area (Å²) in [5, 5.41) is 19.9. The number of aliphatic hydroxyl groups is 1. The highest BCUT2D eigenvalue weighted by Gasteiger charge is 2.30. The van der Waals surface area contributed by atoms with Gasteiger partial charge >= 0.3 is 5.97 Å². The standard InChI is InChI=1S/C5H9NO3.ClH/c7-3-1-2-6-4(3)5(8)9;/h3-4,6-7H,1-2H2,(H,8,9);1H/t3-,4?;/m1./s1. The molecule has 0 radical (unpaired) electrons. The molecule has 0 aromatic heterocycles. The number of halogens is 1. The Morgan fingerprint density at radius 1 is 1.60 bits per heavy atom. The van der Waals surface area contributed by atoms with Gasteiger partial charge in [0.2, 0.25) is 0 Å². The molecule has 0 aromatic carbocycles. The van der Waals surface area contributed by atoms with E-state index in [0.717, 1.165) is 0 Å². The molecule has 3 N–H and O–H groups in total. The molecule has 0 bridgehead atoms. The smallest absolute Gasteiger partial charge is 0.323 e. The minimum absolute atomic E-state index is 0. The molecule has 1 heterocycles. The Kier molecular flexibility index (Phi) is 3.63. The average molecular weight is 168 g/mol. The lowest BCUT2D eigenvalue weighted by Crippen LogP contribution is -2.38. The molecule has 60 valence electrons. The van der Waals surface area contributed by atoms with E-state index in [1.165, 1.54) is 0 Å². The molecular weight excluding hydrogens is 158 g/mol. The van der Waals surface area contributed by atoms with E-state index in [0.29, 0.717) is 13.0 Å². The Balaban J connectivity index is 0.000000810. The van der Waals surface area contributed by atoms with Gasteiger partial charge in [-0.1, -0.05) is 0 Å². The first-order valence-electron chi connectivity index (χ1n) is 2.86. The summed E-state index contributed by atoms with van der Waals surface area (Å²) in [6.07, 6.45) is -0.167. The Morgan fingerprint density at radius 2 is 2.20 bits per heavy atom. The van der Waals surface area contributed by atoms with E-state index in [2.05, 4.69) is 5.32 Å². The molecule has 4 nitrogen and oxygen atoms in total. The monoisotopic (exact) mass is 167 g/mol. The fourth-order valence-corrected chi connectivity index (χ4v) is 0.941. The Bertz CT molecular complexity index is 130. The van der Waals surface area contributed by atoms with Crippen molar-refractivity contribution in [2.75, 3.05) is 6.54 Å². The summed E-state index contributed by atoms with van der Waals surface area (Å²) in [4.78, 5) is 10.2. The van der Waals surface area contributed by atoms with Crippen LogP contribution in [0, 0.1) is 0 Å². The maximum atomic E-state index is 10.2. The largest absolute Gasteiger partial charge is 0.480 e. The number of rotatable bonds is 1. The predicted molar refractivity (Wildman–Crippen MR) is 37.3 cm³/mol. The summed E-state index contributed by atoms with van der Waals surface area (Å²) in [6, 6.07) is -0.745. The highest BCUT2D eigenvalue weighted by molar-refractivity contribution is 5.85. The van der Waals surface area contributed by atoms with E-state index in [-0.39, 0.29) is 12.4 Å². The van der Waals surface area contributed by atoms with Crippen molar-refractivity contribution >= 4 is 18.4 Å². The summed E-state index contributed by atoms with van der Waals surface area (Å²) >= 11 is 0. The molecule has 0 aromatic rings. The summed E-state index contributed by atoms with van der Waals surface area (Å²) < 4.78 is 0. The number of nitrogens with one attached hydrogen (secondary N) is 1. The maximum Gasteiger partial charge on any atom is 0.323 e. The first-order chi connectivity index (χ1) is 4.22. The van der Waals surface area contributed by atoms with Crippen LogP contribution in [0.15, 0.2) is 0 Å². The molecule has 0 saturated carbocycles. The second-order valence-corrected chi connectivity index (χ2v) is 2.13. The van der Waals surface area contributed by atoms with Crippen molar-refractivity contribution in [1.82, 2.24) is 5.32 Å². The van der Waals surface area contributed by atoms with Gasteiger partial charge in [-0.2, -0.15) is 0 Å². The van der Waals surface area contributed by atoms with Gasteiger partial charge in [0.1, 0.15) is 6.04 Å². The van der Waals surface area contributed by atoms with Gasteiger partial charge in [0.15, 0.2) is 0 Å². The topological polar surface area (TPSA) is 69.6 Å². The zero-order valence-corrected chi connectivity index (χ0v) is 6.10. The van der Waals surface area contributed by atoms with Gasteiger partial charge in [-0.05, 0) is 13.0 Å². The van der Waals surface area contributed by atoms with Crippen molar-refractivity contribution < 1.29 is 15.0 Å². The van der Waals surface area contributed by atoms with Gasteiger partial charge in [0, 0.05) is 0 Å². The van der Waals surface area contributed by atoms with Gasteiger partial charge in [0.05, 0.1) is 6.10 Å². The van der Waals surface area contributed by atoms with Crippen LogP contribution in [0.2, 0.25) is 0 Å². The number of carbonyl (C=O) groups is 1. The number of aliphatic hydroxyl groups excluding tert-OH is 1. The second-order valence-electron chi connectivity index (χ2n) is 2.13. The molecular formula is C5H10ClNO3. The zero-order chi connectivity index (χ0) is 6.85. The molecule has 1 saturated heterocycles. The Morgan fingerprint density at radius 3 is 2.40 bits per heavy atom. The zero-order valence-electron chi connectivity index (χ0n) is 5.28. The van der Waals surface area contributed by atoms with Gasteiger partial charge in [-0.3, -0.25) is 4.79 Å². The third-order valence-corrected chi connectivity index (χ3v) is 1.46. The SMILES string of the molecule is Cl.O=C(O)C1NCC[C@H]1O. The number of carboxylic acid groups (broad SMARTS) is 1. The van der Waals surface area contributed by atoms with E-state index in [1.54, 1.807) is 0 Å². The van der Waals surface area contributed by atoms with E-state index in [4.69, 9.17) is 10.2 Å². The lowest BCUT2D eigenvalue weighted by molar-refractivity contribution is -0.141. The Labute approximate surface area is 64.6 Å². The third-order valence-electron chi connectivity index (χ3n) is 1.46. The van der Waals surface area contributed by atoms with Crippen LogP contribution in [0.25, 0.3) is 0 Å². The van der Waals surface area contributed by atoms with E-state index >= 15 is 0 Å². The second kappa shape index (κ2) is 3.75. The summed E-state index contributed by atoms with van der Waals surface area (Å²) in [5.74, 6) is -0.972. The number of hydrogen-bond acceptors (Lipinski definition) is 3.